The maximum atomic E-state index is 12.8. The molecule has 3 rings (SSSR count). The van der Waals surface area contributed by atoms with Crippen LogP contribution in [0.4, 0.5) is 11.4 Å². The molecule has 6 heteroatoms. The Kier molecular flexibility index (Phi) is 4.85. The van der Waals surface area contributed by atoms with E-state index in [9.17, 15) is 9.59 Å². The number of rotatable bonds is 4. The summed E-state index contributed by atoms with van der Waals surface area (Å²) >= 11 is 1.65. The second-order valence-electron chi connectivity index (χ2n) is 5.85. The molecule has 1 aliphatic rings. The van der Waals surface area contributed by atoms with Crippen molar-refractivity contribution in [1.29, 1.82) is 0 Å². The normalized spacial score (nSPS) is 13.9. The summed E-state index contributed by atoms with van der Waals surface area (Å²) in [5.74, 6) is -0.0361. The van der Waals surface area contributed by atoms with Crippen LogP contribution in [0.5, 0.6) is 0 Å². The minimum absolute atomic E-state index is 0.0175. The summed E-state index contributed by atoms with van der Waals surface area (Å²) < 4.78 is 0. The number of fused-ring (bicyclic) bond motifs is 1. The number of anilines is 2. The molecule has 1 aromatic carbocycles. The summed E-state index contributed by atoms with van der Waals surface area (Å²) in [5.41, 5.74) is 2.25. The fourth-order valence-corrected chi connectivity index (χ4v) is 3.52. The average molecular weight is 343 g/mol. The second-order valence-corrected chi connectivity index (χ2v) is 6.88. The molecule has 24 heavy (non-hydrogen) atoms. The van der Waals surface area contributed by atoms with Crippen LogP contribution in [0, 0.1) is 0 Å². The van der Waals surface area contributed by atoms with Gasteiger partial charge in [0.25, 0.3) is 5.91 Å². The summed E-state index contributed by atoms with van der Waals surface area (Å²) in [7, 11) is 1.95. The third kappa shape index (κ3) is 3.43. The highest BCUT2D eigenvalue weighted by molar-refractivity contribution is 7.09. The first-order valence-corrected chi connectivity index (χ1v) is 8.93. The zero-order valence-electron chi connectivity index (χ0n) is 13.9. The molecule has 0 bridgehead atoms. The van der Waals surface area contributed by atoms with Gasteiger partial charge in [-0.1, -0.05) is 6.07 Å². The van der Waals surface area contributed by atoms with E-state index in [4.69, 9.17) is 0 Å². The Balaban J connectivity index is 1.85. The molecule has 0 radical (unpaired) electrons. The van der Waals surface area contributed by atoms with E-state index in [0.717, 1.165) is 10.6 Å². The van der Waals surface area contributed by atoms with E-state index in [1.807, 2.05) is 53.4 Å². The number of hydrogen-bond acceptors (Lipinski definition) is 4. The molecule has 0 aliphatic carbocycles. The molecule has 0 unspecified atom stereocenters. The van der Waals surface area contributed by atoms with Crippen LogP contribution in [0.25, 0.3) is 0 Å². The number of carbonyl (C=O) groups is 2. The van der Waals surface area contributed by atoms with Gasteiger partial charge in [0, 0.05) is 37.0 Å². The Morgan fingerprint density at radius 1 is 1.38 bits per heavy atom. The molecule has 2 heterocycles. The number of nitrogens with zero attached hydrogens (tertiary/aromatic N) is 2. The topological polar surface area (TPSA) is 52.7 Å². The highest BCUT2D eigenvalue weighted by Gasteiger charge is 2.20. The predicted molar refractivity (Wildman–Crippen MR) is 97.7 cm³/mol. The lowest BCUT2D eigenvalue weighted by molar-refractivity contribution is -0.115. The smallest absolute Gasteiger partial charge is 0.254 e. The van der Waals surface area contributed by atoms with Gasteiger partial charge >= 0.3 is 0 Å². The number of amides is 2. The predicted octanol–water partition coefficient (Wildman–Crippen LogP) is 3.19. The van der Waals surface area contributed by atoms with Gasteiger partial charge in [0.1, 0.15) is 0 Å². The molecule has 2 amide bonds. The molecule has 0 saturated heterocycles. The van der Waals surface area contributed by atoms with Crippen molar-refractivity contribution >= 4 is 34.5 Å². The van der Waals surface area contributed by atoms with Crippen LogP contribution in [-0.2, 0) is 11.3 Å². The zero-order chi connectivity index (χ0) is 17.1. The lowest BCUT2D eigenvalue weighted by Gasteiger charge is -2.22. The molecule has 1 N–H and O–H groups in total. The Bertz CT molecular complexity index is 743. The van der Waals surface area contributed by atoms with E-state index in [2.05, 4.69) is 5.32 Å². The molecule has 0 saturated carbocycles. The maximum absolute atomic E-state index is 12.8. The fraction of sp³-hybridized carbons (Fsp3) is 0.333. The lowest BCUT2D eigenvalue weighted by Crippen LogP contribution is -2.30. The summed E-state index contributed by atoms with van der Waals surface area (Å²) in [4.78, 5) is 29.7. The third-order valence-electron chi connectivity index (χ3n) is 4.20. The largest absolute Gasteiger partial charge is 0.372 e. The van der Waals surface area contributed by atoms with Crippen LogP contribution >= 0.6 is 11.3 Å². The molecule has 0 atom stereocenters. The van der Waals surface area contributed by atoms with Crippen LogP contribution in [0.15, 0.2) is 35.7 Å². The van der Waals surface area contributed by atoms with Crippen molar-refractivity contribution in [3.8, 4) is 0 Å². The maximum Gasteiger partial charge on any atom is 0.254 e. The molecule has 5 nitrogen and oxygen atoms in total. The van der Waals surface area contributed by atoms with Crippen molar-refractivity contribution < 1.29 is 9.59 Å². The first-order valence-electron chi connectivity index (χ1n) is 8.05. The van der Waals surface area contributed by atoms with Gasteiger partial charge in [-0.3, -0.25) is 9.59 Å². The van der Waals surface area contributed by atoms with Crippen LogP contribution in [0.1, 0.15) is 28.6 Å². The van der Waals surface area contributed by atoms with Gasteiger partial charge in [0.2, 0.25) is 5.91 Å². The molecular formula is C18H21N3O2S. The Morgan fingerprint density at radius 3 is 2.92 bits per heavy atom. The van der Waals surface area contributed by atoms with Crippen LogP contribution in [0.2, 0.25) is 0 Å². The minimum atomic E-state index is -0.0187. The van der Waals surface area contributed by atoms with Gasteiger partial charge in [-0.2, -0.15) is 0 Å². The molecule has 126 valence electrons. The number of carbonyl (C=O) groups excluding carboxylic acids is 2. The monoisotopic (exact) mass is 343 g/mol. The van der Waals surface area contributed by atoms with Gasteiger partial charge in [-0.15, -0.1) is 11.3 Å². The average Bonchev–Trinajstić information content (AvgIpc) is 3.05. The van der Waals surface area contributed by atoms with Crippen molar-refractivity contribution in [2.24, 2.45) is 0 Å². The van der Waals surface area contributed by atoms with E-state index < -0.39 is 0 Å². The van der Waals surface area contributed by atoms with Crippen molar-refractivity contribution in [3.63, 3.8) is 0 Å². The summed E-state index contributed by atoms with van der Waals surface area (Å²) in [5, 5.41) is 4.92. The lowest BCUT2D eigenvalue weighted by atomic mass is 10.1. The quantitative estimate of drug-likeness (QED) is 0.927. The van der Waals surface area contributed by atoms with E-state index in [0.29, 0.717) is 37.3 Å². The Morgan fingerprint density at radius 2 is 2.21 bits per heavy atom. The first-order chi connectivity index (χ1) is 11.6. The standard InChI is InChI=1S/C18H21N3O2S/c1-3-21(12-14-5-4-10-24-14)18(23)13-6-7-16-15(11-13)19-17(22)8-9-20(16)2/h4-7,10-11H,3,8-9,12H2,1-2H3,(H,19,22). The van der Waals surface area contributed by atoms with Crippen LogP contribution < -0.4 is 10.2 Å². The van der Waals surface area contributed by atoms with Gasteiger partial charge in [0.15, 0.2) is 0 Å². The van der Waals surface area contributed by atoms with Crippen molar-refractivity contribution in [1.82, 2.24) is 4.90 Å². The summed E-state index contributed by atoms with van der Waals surface area (Å²) in [6, 6.07) is 9.56. The number of thiophene rings is 1. The van der Waals surface area contributed by atoms with E-state index >= 15 is 0 Å². The minimum Gasteiger partial charge on any atom is -0.372 e. The SMILES string of the molecule is CCN(Cc1cccs1)C(=O)c1ccc2c(c1)NC(=O)CCN2C. The zero-order valence-corrected chi connectivity index (χ0v) is 14.7. The van der Waals surface area contributed by atoms with Gasteiger partial charge in [-0.05, 0) is 36.6 Å². The Labute approximate surface area is 145 Å². The van der Waals surface area contributed by atoms with E-state index in [1.54, 1.807) is 17.4 Å². The number of nitrogens with one attached hydrogen (secondary N) is 1. The number of benzene rings is 1. The summed E-state index contributed by atoms with van der Waals surface area (Å²) in [6.07, 6.45) is 0.452. The molecule has 1 aromatic heterocycles. The molecule has 1 aliphatic heterocycles. The molecular weight excluding hydrogens is 322 g/mol. The first kappa shape index (κ1) is 16.5. The van der Waals surface area contributed by atoms with Gasteiger partial charge in [-0.25, -0.2) is 0 Å². The molecule has 0 spiro atoms. The highest BCUT2D eigenvalue weighted by Crippen LogP contribution is 2.29. The van der Waals surface area contributed by atoms with Gasteiger partial charge in [0.05, 0.1) is 17.9 Å². The molecule has 0 fully saturated rings. The second kappa shape index (κ2) is 7.05. The van der Waals surface area contributed by atoms with Crippen molar-refractivity contribution in [3.05, 3.63) is 46.2 Å². The van der Waals surface area contributed by atoms with Crippen LogP contribution in [0.3, 0.4) is 0 Å². The Hall–Kier alpha value is -2.34. The van der Waals surface area contributed by atoms with Crippen LogP contribution in [-0.4, -0.2) is 36.9 Å². The van der Waals surface area contributed by atoms with E-state index in [-0.39, 0.29) is 11.8 Å². The van der Waals surface area contributed by atoms with Crippen molar-refractivity contribution in [2.45, 2.75) is 19.9 Å². The van der Waals surface area contributed by atoms with Gasteiger partial charge < -0.3 is 15.1 Å². The molecule has 2 aromatic rings. The van der Waals surface area contributed by atoms with E-state index in [1.165, 1.54) is 0 Å². The third-order valence-corrected chi connectivity index (χ3v) is 5.06. The fourth-order valence-electron chi connectivity index (χ4n) is 2.80. The summed E-state index contributed by atoms with van der Waals surface area (Å²) in [6.45, 7) is 3.90. The highest BCUT2D eigenvalue weighted by atomic mass is 32.1. The number of hydrogen-bond donors (Lipinski definition) is 1. The van der Waals surface area contributed by atoms with Crippen molar-refractivity contribution in [2.75, 3.05) is 30.4 Å².